The van der Waals surface area contributed by atoms with Gasteiger partial charge in [0.15, 0.2) is 0 Å². The molecule has 100 valence electrons. The standard InChI is InChI=1S/C14H29N3/c1-3-17(4-2)14-8-11-16(12-14)10-5-9-15-13-6-7-13/h13-15H,3-12H2,1-2H3. The molecule has 1 heterocycles. The summed E-state index contributed by atoms with van der Waals surface area (Å²) in [6.45, 7) is 12.1. The minimum absolute atomic E-state index is 0.821. The van der Waals surface area contributed by atoms with Crippen LogP contribution in [-0.2, 0) is 0 Å². The molecule has 1 saturated carbocycles. The fraction of sp³-hybridized carbons (Fsp3) is 1.00. The zero-order valence-corrected chi connectivity index (χ0v) is 11.6. The van der Waals surface area contributed by atoms with E-state index >= 15 is 0 Å². The first-order valence-electron chi connectivity index (χ1n) is 7.53. The van der Waals surface area contributed by atoms with Gasteiger partial charge in [-0.25, -0.2) is 0 Å². The number of rotatable bonds is 8. The summed E-state index contributed by atoms with van der Waals surface area (Å²) in [5, 5.41) is 3.60. The van der Waals surface area contributed by atoms with Crippen LogP contribution < -0.4 is 5.32 Å². The summed E-state index contributed by atoms with van der Waals surface area (Å²) in [6.07, 6.45) is 5.51. The second kappa shape index (κ2) is 6.72. The maximum Gasteiger partial charge on any atom is 0.0235 e. The molecule has 0 bridgehead atoms. The summed E-state index contributed by atoms with van der Waals surface area (Å²) >= 11 is 0. The van der Waals surface area contributed by atoms with Gasteiger partial charge >= 0.3 is 0 Å². The summed E-state index contributed by atoms with van der Waals surface area (Å²) in [4.78, 5) is 5.26. The van der Waals surface area contributed by atoms with Crippen LogP contribution in [0, 0.1) is 0 Å². The molecule has 1 atom stereocenters. The third kappa shape index (κ3) is 4.23. The van der Waals surface area contributed by atoms with Crippen LogP contribution in [0.1, 0.15) is 39.5 Å². The van der Waals surface area contributed by atoms with E-state index < -0.39 is 0 Å². The Morgan fingerprint density at radius 2 is 1.94 bits per heavy atom. The van der Waals surface area contributed by atoms with Crippen molar-refractivity contribution in [2.24, 2.45) is 0 Å². The van der Waals surface area contributed by atoms with Crippen molar-refractivity contribution >= 4 is 0 Å². The first-order valence-corrected chi connectivity index (χ1v) is 7.53. The lowest BCUT2D eigenvalue weighted by molar-refractivity contribution is 0.210. The van der Waals surface area contributed by atoms with Gasteiger partial charge in [0, 0.05) is 18.6 Å². The highest BCUT2D eigenvalue weighted by Gasteiger charge is 2.25. The first-order chi connectivity index (χ1) is 8.33. The zero-order chi connectivity index (χ0) is 12.1. The zero-order valence-electron chi connectivity index (χ0n) is 11.6. The molecule has 3 heteroatoms. The predicted molar refractivity (Wildman–Crippen MR) is 73.4 cm³/mol. The van der Waals surface area contributed by atoms with Crippen molar-refractivity contribution in [1.82, 2.24) is 15.1 Å². The van der Waals surface area contributed by atoms with Crippen molar-refractivity contribution in [2.75, 3.05) is 39.3 Å². The molecule has 2 fully saturated rings. The molecule has 0 aromatic rings. The van der Waals surface area contributed by atoms with Gasteiger partial charge < -0.3 is 10.2 Å². The third-order valence-electron chi connectivity index (χ3n) is 4.24. The van der Waals surface area contributed by atoms with Gasteiger partial charge in [0.2, 0.25) is 0 Å². The Kier molecular flexibility index (Phi) is 5.26. The highest BCUT2D eigenvalue weighted by molar-refractivity contribution is 4.83. The van der Waals surface area contributed by atoms with Crippen LogP contribution >= 0.6 is 0 Å². The molecule has 2 aliphatic rings. The van der Waals surface area contributed by atoms with E-state index in [0.717, 1.165) is 12.1 Å². The molecule has 1 aliphatic carbocycles. The molecule has 3 nitrogen and oxygen atoms in total. The third-order valence-corrected chi connectivity index (χ3v) is 4.24. The van der Waals surface area contributed by atoms with Gasteiger partial charge in [-0.05, 0) is 58.4 Å². The second-order valence-corrected chi connectivity index (χ2v) is 5.55. The molecule has 1 unspecified atom stereocenters. The van der Waals surface area contributed by atoms with Crippen LogP contribution in [0.5, 0.6) is 0 Å². The summed E-state index contributed by atoms with van der Waals surface area (Å²) in [7, 11) is 0. The molecule has 0 aromatic heterocycles. The highest BCUT2D eigenvalue weighted by atomic mass is 15.2. The second-order valence-electron chi connectivity index (χ2n) is 5.55. The quantitative estimate of drug-likeness (QED) is 0.648. The summed E-state index contributed by atoms with van der Waals surface area (Å²) in [5.41, 5.74) is 0. The van der Waals surface area contributed by atoms with E-state index in [4.69, 9.17) is 0 Å². The van der Waals surface area contributed by atoms with E-state index in [1.165, 1.54) is 65.0 Å². The van der Waals surface area contributed by atoms with Crippen LogP contribution in [0.4, 0.5) is 0 Å². The van der Waals surface area contributed by atoms with Gasteiger partial charge in [-0.2, -0.15) is 0 Å². The minimum atomic E-state index is 0.821. The maximum absolute atomic E-state index is 3.60. The largest absolute Gasteiger partial charge is 0.314 e. The van der Waals surface area contributed by atoms with E-state index in [1.807, 2.05) is 0 Å². The molecule has 0 radical (unpaired) electrons. The summed E-state index contributed by atoms with van der Waals surface area (Å²) in [6, 6.07) is 1.69. The molecular formula is C14H29N3. The van der Waals surface area contributed by atoms with Crippen LogP contribution in [0.25, 0.3) is 0 Å². The number of likely N-dealkylation sites (N-methyl/N-ethyl adjacent to an activating group) is 1. The average Bonchev–Trinajstić information content (AvgIpc) is 3.06. The molecule has 0 aromatic carbocycles. The lowest BCUT2D eigenvalue weighted by Gasteiger charge is -2.26. The molecule has 1 N–H and O–H groups in total. The Morgan fingerprint density at radius 1 is 1.18 bits per heavy atom. The van der Waals surface area contributed by atoms with Crippen molar-refractivity contribution < 1.29 is 0 Å². The van der Waals surface area contributed by atoms with Gasteiger partial charge in [-0.3, -0.25) is 4.90 Å². The van der Waals surface area contributed by atoms with Gasteiger partial charge in [-0.15, -0.1) is 0 Å². The van der Waals surface area contributed by atoms with Crippen molar-refractivity contribution in [3.05, 3.63) is 0 Å². The highest BCUT2D eigenvalue weighted by Crippen LogP contribution is 2.18. The molecule has 0 spiro atoms. The Balaban J connectivity index is 1.56. The van der Waals surface area contributed by atoms with Gasteiger partial charge in [0.05, 0.1) is 0 Å². The van der Waals surface area contributed by atoms with E-state index in [9.17, 15) is 0 Å². The number of hydrogen-bond acceptors (Lipinski definition) is 3. The Hall–Kier alpha value is -0.120. The smallest absolute Gasteiger partial charge is 0.0235 e. The van der Waals surface area contributed by atoms with Crippen LogP contribution in [0.15, 0.2) is 0 Å². The normalized spacial score (nSPS) is 25.9. The van der Waals surface area contributed by atoms with E-state index in [-0.39, 0.29) is 0 Å². The van der Waals surface area contributed by atoms with Crippen LogP contribution in [-0.4, -0.2) is 61.2 Å². The molecule has 0 amide bonds. The van der Waals surface area contributed by atoms with Crippen LogP contribution in [0.2, 0.25) is 0 Å². The van der Waals surface area contributed by atoms with Gasteiger partial charge in [0.1, 0.15) is 0 Å². The van der Waals surface area contributed by atoms with Crippen LogP contribution in [0.3, 0.4) is 0 Å². The fourth-order valence-corrected chi connectivity index (χ4v) is 2.95. The molecule has 17 heavy (non-hydrogen) atoms. The topological polar surface area (TPSA) is 18.5 Å². The average molecular weight is 239 g/mol. The number of nitrogens with zero attached hydrogens (tertiary/aromatic N) is 2. The lowest BCUT2D eigenvalue weighted by atomic mass is 10.2. The Labute approximate surface area is 107 Å². The Bertz CT molecular complexity index is 212. The summed E-state index contributed by atoms with van der Waals surface area (Å²) < 4.78 is 0. The van der Waals surface area contributed by atoms with E-state index in [0.29, 0.717) is 0 Å². The fourth-order valence-electron chi connectivity index (χ4n) is 2.95. The predicted octanol–water partition coefficient (Wildman–Crippen LogP) is 1.54. The minimum Gasteiger partial charge on any atom is -0.314 e. The molecule has 1 aliphatic heterocycles. The number of likely N-dealkylation sites (tertiary alicyclic amines) is 1. The van der Waals surface area contributed by atoms with Crippen molar-refractivity contribution in [3.63, 3.8) is 0 Å². The lowest BCUT2D eigenvalue weighted by Crippen LogP contribution is -2.37. The van der Waals surface area contributed by atoms with Crippen molar-refractivity contribution in [3.8, 4) is 0 Å². The van der Waals surface area contributed by atoms with Crippen molar-refractivity contribution in [1.29, 1.82) is 0 Å². The Morgan fingerprint density at radius 3 is 2.59 bits per heavy atom. The van der Waals surface area contributed by atoms with Gasteiger partial charge in [-0.1, -0.05) is 13.8 Å². The van der Waals surface area contributed by atoms with E-state index in [1.54, 1.807) is 0 Å². The maximum atomic E-state index is 3.60. The monoisotopic (exact) mass is 239 g/mol. The van der Waals surface area contributed by atoms with E-state index in [2.05, 4.69) is 29.0 Å². The molecule has 2 rings (SSSR count). The number of nitrogens with one attached hydrogen (secondary N) is 1. The van der Waals surface area contributed by atoms with Gasteiger partial charge in [0.25, 0.3) is 0 Å². The molecular weight excluding hydrogens is 210 g/mol. The van der Waals surface area contributed by atoms with Crippen molar-refractivity contribution in [2.45, 2.75) is 51.6 Å². The summed E-state index contributed by atoms with van der Waals surface area (Å²) in [5.74, 6) is 0. The SMILES string of the molecule is CCN(CC)C1CCN(CCCNC2CC2)C1. The molecule has 1 saturated heterocycles. The first kappa shape index (κ1) is 13.3. The number of hydrogen-bond donors (Lipinski definition) is 1.